The van der Waals surface area contributed by atoms with Crippen molar-refractivity contribution in [1.82, 2.24) is 10.2 Å². The second-order valence-electron chi connectivity index (χ2n) is 7.62. The van der Waals surface area contributed by atoms with Gasteiger partial charge in [-0.15, -0.1) is 0 Å². The fourth-order valence-corrected chi connectivity index (χ4v) is 3.70. The maximum Gasteiger partial charge on any atom is 0.253 e. The Morgan fingerprint density at radius 1 is 1.17 bits per heavy atom. The summed E-state index contributed by atoms with van der Waals surface area (Å²) in [6.45, 7) is 2.58. The summed E-state index contributed by atoms with van der Waals surface area (Å²) in [5, 5.41) is 12.6. The summed E-state index contributed by atoms with van der Waals surface area (Å²) < 4.78 is 0. The highest BCUT2D eigenvalue weighted by atomic mass is 16.2. The van der Waals surface area contributed by atoms with Crippen LogP contribution in [0.3, 0.4) is 0 Å². The molecule has 1 amide bonds. The SMILES string of the molecule is N#CC1CCN(C(=O)c2ccc([C@@H]3C[C@H]3NCC3CC3)cc2)CC1. The van der Waals surface area contributed by atoms with Gasteiger partial charge in [0.1, 0.15) is 0 Å². The number of likely N-dealkylation sites (tertiary alicyclic amines) is 1. The van der Waals surface area contributed by atoms with E-state index in [1.54, 1.807) is 0 Å². The van der Waals surface area contributed by atoms with Crippen molar-refractivity contribution in [2.45, 2.75) is 44.1 Å². The highest BCUT2D eigenvalue weighted by molar-refractivity contribution is 5.94. The number of amides is 1. The van der Waals surface area contributed by atoms with Crippen LogP contribution in [0.25, 0.3) is 0 Å². The van der Waals surface area contributed by atoms with Crippen molar-refractivity contribution in [3.05, 3.63) is 35.4 Å². The smallest absolute Gasteiger partial charge is 0.253 e. The molecule has 0 spiro atoms. The van der Waals surface area contributed by atoms with Crippen molar-refractivity contribution in [1.29, 1.82) is 5.26 Å². The Kier molecular flexibility index (Phi) is 4.28. The molecule has 1 aliphatic heterocycles. The minimum Gasteiger partial charge on any atom is -0.339 e. The van der Waals surface area contributed by atoms with Gasteiger partial charge in [0.05, 0.1) is 6.07 Å². The Morgan fingerprint density at radius 3 is 2.50 bits per heavy atom. The lowest BCUT2D eigenvalue weighted by atomic mass is 9.98. The van der Waals surface area contributed by atoms with Gasteiger partial charge in [-0.25, -0.2) is 0 Å². The monoisotopic (exact) mass is 323 g/mol. The van der Waals surface area contributed by atoms with Crippen molar-refractivity contribution in [2.75, 3.05) is 19.6 Å². The molecule has 1 aromatic rings. The molecular formula is C20H25N3O. The number of hydrogen-bond donors (Lipinski definition) is 1. The molecule has 1 saturated heterocycles. The zero-order valence-electron chi connectivity index (χ0n) is 14.1. The van der Waals surface area contributed by atoms with E-state index in [0.29, 0.717) is 25.0 Å². The van der Waals surface area contributed by atoms with E-state index in [2.05, 4.69) is 23.5 Å². The normalized spacial score (nSPS) is 26.9. The first-order valence-corrected chi connectivity index (χ1v) is 9.27. The van der Waals surface area contributed by atoms with Gasteiger partial charge in [0.15, 0.2) is 0 Å². The number of carbonyl (C=O) groups is 1. The fraction of sp³-hybridized carbons (Fsp3) is 0.600. The highest BCUT2D eigenvalue weighted by Crippen LogP contribution is 2.41. The molecule has 2 aliphatic carbocycles. The van der Waals surface area contributed by atoms with E-state index in [-0.39, 0.29) is 11.8 Å². The predicted molar refractivity (Wildman–Crippen MR) is 92.6 cm³/mol. The van der Waals surface area contributed by atoms with Crippen LogP contribution in [0.15, 0.2) is 24.3 Å². The summed E-state index contributed by atoms with van der Waals surface area (Å²) in [4.78, 5) is 14.5. The van der Waals surface area contributed by atoms with Gasteiger partial charge in [0, 0.05) is 36.5 Å². The third-order valence-electron chi connectivity index (χ3n) is 5.71. The lowest BCUT2D eigenvalue weighted by Gasteiger charge is -2.29. The van der Waals surface area contributed by atoms with Crippen LogP contribution in [0, 0.1) is 23.2 Å². The number of piperidine rings is 1. The molecule has 24 heavy (non-hydrogen) atoms. The quantitative estimate of drug-likeness (QED) is 0.906. The first kappa shape index (κ1) is 15.7. The van der Waals surface area contributed by atoms with E-state index >= 15 is 0 Å². The van der Waals surface area contributed by atoms with Gasteiger partial charge in [0.25, 0.3) is 5.91 Å². The van der Waals surface area contributed by atoms with Crippen LogP contribution in [0.4, 0.5) is 0 Å². The minimum absolute atomic E-state index is 0.108. The lowest BCUT2D eigenvalue weighted by molar-refractivity contribution is 0.0707. The Morgan fingerprint density at radius 2 is 1.88 bits per heavy atom. The third-order valence-corrected chi connectivity index (χ3v) is 5.71. The summed E-state index contributed by atoms with van der Waals surface area (Å²) in [7, 11) is 0. The van der Waals surface area contributed by atoms with Crippen LogP contribution < -0.4 is 5.32 Å². The largest absolute Gasteiger partial charge is 0.339 e. The van der Waals surface area contributed by atoms with Crippen molar-refractivity contribution < 1.29 is 4.79 Å². The van der Waals surface area contributed by atoms with E-state index in [9.17, 15) is 4.79 Å². The lowest BCUT2D eigenvalue weighted by Crippen LogP contribution is -2.38. The number of hydrogen-bond acceptors (Lipinski definition) is 3. The predicted octanol–water partition coefficient (Wildman–Crippen LogP) is 2.92. The van der Waals surface area contributed by atoms with Gasteiger partial charge in [-0.2, -0.15) is 5.26 Å². The Hall–Kier alpha value is -1.86. The fourth-order valence-electron chi connectivity index (χ4n) is 3.70. The van der Waals surface area contributed by atoms with Crippen LogP contribution >= 0.6 is 0 Å². The van der Waals surface area contributed by atoms with Crippen molar-refractivity contribution >= 4 is 5.91 Å². The number of nitrogens with zero attached hydrogens (tertiary/aromatic N) is 2. The molecule has 1 N–H and O–H groups in total. The third kappa shape index (κ3) is 3.47. The molecule has 4 rings (SSSR count). The first-order valence-electron chi connectivity index (χ1n) is 9.27. The molecule has 2 saturated carbocycles. The number of carbonyl (C=O) groups excluding carboxylic acids is 1. The standard InChI is InChI=1S/C20H25N3O/c21-12-14-7-9-23(10-8-14)20(24)17-5-3-16(4-6-17)18-11-19(18)22-13-15-1-2-15/h3-6,14-15,18-19,22H,1-2,7-11,13H2/t18-,19+/m0/s1. The first-order chi connectivity index (χ1) is 11.7. The van der Waals surface area contributed by atoms with Crippen LogP contribution in [-0.4, -0.2) is 36.5 Å². The molecule has 1 aromatic carbocycles. The zero-order chi connectivity index (χ0) is 16.5. The van der Waals surface area contributed by atoms with Crippen molar-refractivity contribution in [2.24, 2.45) is 11.8 Å². The molecule has 0 bridgehead atoms. The van der Waals surface area contributed by atoms with E-state index in [0.717, 1.165) is 24.3 Å². The summed E-state index contributed by atoms with van der Waals surface area (Å²) >= 11 is 0. The number of benzene rings is 1. The zero-order valence-corrected chi connectivity index (χ0v) is 14.1. The van der Waals surface area contributed by atoms with Crippen molar-refractivity contribution in [3.63, 3.8) is 0 Å². The van der Waals surface area contributed by atoms with Crippen LogP contribution in [0.5, 0.6) is 0 Å². The van der Waals surface area contributed by atoms with Gasteiger partial charge in [0.2, 0.25) is 0 Å². The summed E-state index contributed by atoms with van der Waals surface area (Å²) in [5.74, 6) is 1.78. The van der Waals surface area contributed by atoms with Gasteiger partial charge in [-0.3, -0.25) is 4.79 Å². The average molecular weight is 323 g/mol. The Bertz CT molecular complexity index is 636. The summed E-state index contributed by atoms with van der Waals surface area (Å²) in [5.41, 5.74) is 2.13. The Balaban J connectivity index is 1.31. The molecule has 3 fully saturated rings. The van der Waals surface area contributed by atoms with Gasteiger partial charge >= 0.3 is 0 Å². The summed E-state index contributed by atoms with van der Waals surface area (Å²) in [6.07, 6.45) is 5.62. The number of nitriles is 1. The molecule has 4 heteroatoms. The molecule has 0 aromatic heterocycles. The average Bonchev–Trinajstić information content (AvgIpc) is 3.54. The maximum atomic E-state index is 12.6. The second kappa shape index (κ2) is 6.57. The molecular weight excluding hydrogens is 298 g/mol. The number of rotatable bonds is 5. The van der Waals surface area contributed by atoms with Gasteiger partial charge in [-0.1, -0.05) is 12.1 Å². The summed E-state index contributed by atoms with van der Waals surface area (Å²) in [6, 6.07) is 11.1. The number of nitrogens with one attached hydrogen (secondary N) is 1. The molecule has 0 radical (unpaired) electrons. The van der Waals surface area contributed by atoms with E-state index in [1.807, 2.05) is 17.0 Å². The van der Waals surface area contributed by atoms with Gasteiger partial charge < -0.3 is 10.2 Å². The van der Waals surface area contributed by atoms with Crippen LogP contribution in [-0.2, 0) is 0 Å². The molecule has 2 atom stereocenters. The molecule has 3 aliphatic rings. The van der Waals surface area contributed by atoms with Crippen LogP contribution in [0.2, 0.25) is 0 Å². The van der Waals surface area contributed by atoms with Gasteiger partial charge in [-0.05, 0) is 62.3 Å². The Labute approximate surface area is 143 Å². The molecule has 4 nitrogen and oxygen atoms in total. The topological polar surface area (TPSA) is 56.1 Å². The molecule has 126 valence electrons. The maximum absolute atomic E-state index is 12.6. The highest BCUT2D eigenvalue weighted by Gasteiger charge is 2.39. The molecule has 1 heterocycles. The minimum atomic E-state index is 0.108. The van der Waals surface area contributed by atoms with E-state index in [1.165, 1.54) is 31.4 Å². The second-order valence-corrected chi connectivity index (χ2v) is 7.62. The van der Waals surface area contributed by atoms with Crippen LogP contribution in [0.1, 0.15) is 53.9 Å². The van der Waals surface area contributed by atoms with Crippen molar-refractivity contribution in [3.8, 4) is 6.07 Å². The van der Waals surface area contributed by atoms with E-state index in [4.69, 9.17) is 5.26 Å². The molecule has 0 unspecified atom stereocenters. The van der Waals surface area contributed by atoms with E-state index < -0.39 is 0 Å².